The molecule has 0 radical (unpaired) electrons. The Labute approximate surface area is 157 Å². The van der Waals surface area contributed by atoms with E-state index in [0.717, 1.165) is 45.1 Å². The molecule has 1 saturated heterocycles. The van der Waals surface area contributed by atoms with E-state index in [0.29, 0.717) is 0 Å². The van der Waals surface area contributed by atoms with Gasteiger partial charge in [0.25, 0.3) is 0 Å². The monoisotopic (exact) mass is 353 g/mol. The van der Waals surface area contributed by atoms with Gasteiger partial charge in [0.05, 0.1) is 0 Å². The van der Waals surface area contributed by atoms with E-state index in [2.05, 4.69) is 58.0 Å². The molecule has 4 rings (SSSR count). The fourth-order valence-corrected chi connectivity index (χ4v) is 4.23. The summed E-state index contributed by atoms with van der Waals surface area (Å²) < 4.78 is 2.08. The maximum atomic E-state index is 4.71. The first-order valence-corrected chi connectivity index (χ1v) is 10.0. The molecule has 0 spiro atoms. The van der Waals surface area contributed by atoms with Crippen LogP contribution in [0.3, 0.4) is 0 Å². The first-order chi connectivity index (χ1) is 12.7. The van der Waals surface area contributed by atoms with Crippen LogP contribution in [0.4, 0.5) is 11.5 Å². The van der Waals surface area contributed by atoms with Crippen molar-refractivity contribution < 1.29 is 0 Å². The molecule has 0 amide bonds. The van der Waals surface area contributed by atoms with E-state index in [9.17, 15) is 0 Å². The Morgan fingerprint density at radius 1 is 1.00 bits per heavy atom. The number of piperazine rings is 1. The summed E-state index contributed by atoms with van der Waals surface area (Å²) in [6, 6.07) is 8.91. The number of nitrogens with one attached hydrogen (secondary N) is 1. The van der Waals surface area contributed by atoms with Gasteiger partial charge < -0.3 is 10.2 Å². The van der Waals surface area contributed by atoms with Crippen molar-refractivity contribution >= 4 is 11.5 Å². The van der Waals surface area contributed by atoms with Gasteiger partial charge in [0, 0.05) is 63.3 Å². The molecule has 1 aromatic heterocycles. The number of hydrogen-bond donors (Lipinski definition) is 1. The third-order valence-electron chi connectivity index (χ3n) is 5.86. The van der Waals surface area contributed by atoms with Gasteiger partial charge in [-0.05, 0) is 44.7 Å². The largest absolute Gasteiger partial charge is 0.369 e. The molecule has 0 unspecified atom stereocenters. The summed E-state index contributed by atoms with van der Waals surface area (Å²) in [6.45, 7) is 8.71. The Balaban J connectivity index is 1.25. The predicted octanol–water partition coefficient (Wildman–Crippen LogP) is 2.84. The van der Waals surface area contributed by atoms with Gasteiger partial charge in [0.1, 0.15) is 0 Å². The highest BCUT2D eigenvalue weighted by atomic mass is 15.3. The van der Waals surface area contributed by atoms with Crippen LogP contribution in [0.25, 0.3) is 0 Å². The number of aromatic nitrogens is 2. The molecule has 0 saturated carbocycles. The Bertz CT molecular complexity index is 726. The Kier molecular flexibility index (Phi) is 5.16. The van der Waals surface area contributed by atoms with E-state index in [4.69, 9.17) is 5.10 Å². The zero-order valence-corrected chi connectivity index (χ0v) is 16.2. The lowest BCUT2D eigenvalue weighted by atomic mass is 9.97. The van der Waals surface area contributed by atoms with Crippen LogP contribution in [0.15, 0.2) is 24.3 Å². The minimum absolute atomic E-state index is 0.980. The average Bonchev–Trinajstić information content (AvgIpc) is 2.99. The van der Waals surface area contributed by atoms with Crippen molar-refractivity contribution in [2.24, 2.45) is 7.05 Å². The van der Waals surface area contributed by atoms with Gasteiger partial charge in [0.2, 0.25) is 0 Å². The van der Waals surface area contributed by atoms with Crippen molar-refractivity contribution in [1.29, 1.82) is 0 Å². The summed E-state index contributed by atoms with van der Waals surface area (Å²) in [5.41, 5.74) is 5.58. The topological polar surface area (TPSA) is 36.3 Å². The molecule has 2 aliphatic rings. The summed E-state index contributed by atoms with van der Waals surface area (Å²) in [4.78, 5) is 5.06. The van der Waals surface area contributed by atoms with Crippen molar-refractivity contribution in [2.45, 2.75) is 32.6 Å². The summed E-state index contributed by atoms with van der Waals surface area (Å²) in [5.74, 6) is 1.13. The number of fused-ring (bicyclic) bond motifs is 1. The normalized spacial score (nSPS) is 18.0. The molecule has 1 fully saturated rings. The lowest BCUT2D eigenvalue weighted by Gasteiger charge is -2.36. The summed E-state index contributed by atoms with van der Waals surface area (Å²) >= 11 is 0. The van der Waals surface area contributed by atoms with E-state index < -0.39 is 0 Å². The number of benzene rings is 1. The summed E-state index contributed by atoms with van der Waals surface area (Å²) in [7, 11) is 2.08. The molecule has 26 heavy (non-hydrogen) atoms. The Morgan fingerprint density at radius 2 is 1.73 bits per heavy atom. The van der Waals surface area contributed by atoms with E-state index >= 15 is 0 Å². The van der Waals surface area contributed by atoms with Gasteiger partial charge in [-0.15, -0.1) is 0 Å². The van der Waals surface area contributed by atoms with Crippen molar-refractivity contribution in [3.8, 4) is 0 Å². The second-order valence-corrected chi connectivity index (χ2v) is 7.70. The molecule has 1 aliphatic carbocycles. The maximum absolute atomic E-state index is 4.71. The number of aryl methyl sites for hydroxylation is 2. The Hall–Kier alpha value is -2.01. The molecule has 1 aromatic carbocycles. The van der Waals surface area contributed by atoms with Gasteiger partial charge >= 0.3 is 0 Å². The second kappa shape index (κ2) is 7.70. The zero-order chi connectivity index (χ0) is 17.9. The third kappa shape index (κ3) is 3.73. The minimum atomic E-state index is 0.980. The van der Waals surface area contributed by atoms with Gasteiger partial charge in [0.15, 0.2) is 5.82 Å². The van der Waals surface area contributed by atoms with Crippen LogP contribution >= 0.6 is 0 Å². The molecular weight excluding hydrogens is 322 g/mol. The highest BCUT2D eigenvalue weighted by Gasteiger charge is 2.20. The molecule has 1 aliphatic heterocycles. The van der Waals surface area contributed by atoms with E-state index in [1.54, 1.807) is 0 Å². The molecule has 2 aromatic rings. The summed E-state index contributed by atoms with van der Waals surface area (Å²) in [5, 5.41) is 8.32. The van der Waals surface area contributed by atoms with Crippen LogP contribution in [-0.4, -0.2) is 53.9 Å². The molecule has 5 nitrogen and oxygen atoms in total. The third-order valence-corrected chi connectivity index (χ3v) is 5.86. The first-order valence-electron chi connectivity index (χ1n) is 10.0. The maximum Gasteiger partial charge on any atom is 0.151 e. The second-order valence-electron chi connectivity index (χ2n) is 7.70. The van der Waals surface area contributed by atoms with Crippen molar-refractivity contribution in [1.82, 2.24) is 14.7 Å². The van der Waals surface area contributed by atoms with Gasteiger partial charge in [-0.25, -0.2) is 0 Å². The lowest BCUT2D eigenvalue weighted by molar-refractivity contribution is 0.267. The number of nitrogens with zero attached hydrogens (tertiary/aromatic N) is 4. The van der Waals surface area contributed by atoms with Crippen LogP contribution < -0.4 is 10.2 Å². The number of anilines is 2. The quantitative estimate of drug-likeness (QED) is 0.897. The highest BCUT2D eigenvalue weighted by molar-refractivity contribution is 5.49. The zero-order valence-electron chi connectivity index (χ0n) is 16.2. The predicted molar refractivity (Wildman–Crippen MR) is 108 cm³/mol. The smallest absolute Gasteiger partial charge is 0.151 e. The molecule has 140 valence electrons. The van der Waals surface area contributed by atoms with Crippen LogP contribution in [-0.2, 0) is 19.9 Å². The molecule has 5 heteroatoms. The average molecular weight is 354 g/mol. The van der Waals surface area contributed by atoms with Crippen molar-refractivity contribution in [3.05, 3.63) is 41.1 Å². The van der Waals surface area contributed by atoms with Gasteiger partial charge in [-0.2, -0.15) is 5.10 Å². The van der Waals surface area contributed by atoms with Gasteiger partial charge in [-0.3, -0.25) is 9.58 Å². The van der Waals surface area contributed by atoms with Gasteiger partial charge in [-0.1, -0.05) is 17.7 Å². The molecular formula is C21H31N5. The van der Waals surface area contributed by atoms with Crippen LogP contribution in [0, 0.1) is 6.92 Å². The lowest BCUT2D eigenvalue weighted by Crippen LogP contribution is -2.47. The fraction of sp³-hybridized carbons (Fsp3) is 0.571. The molecule has 0 bridgehead atoms. The van der Waals surface area contributed by atoms with E-state index in [1.807, 2.05) is 0 Å². The fourth-order valence-electron chi connectivity index (χ4n) is 4.23. The van der Waals surface area contributed by atoms with Crippen molar-refractivity contribution in [2.75, 3.05) is 49.5 Å². The SMILES string of the molecule is Cc1ccc(N2CCN(CCNc3nn(C)c4c3CCCC4)CC2)cc1. The summed E-state index contributed by atoms with van der Waals surface area (Å²) in [6.07, 6.45) is 4.97. The Morgan fingerprint density at radius 3 is 2.50 bits per heavy atom. The van der Waals surface area contributed by atoms with E-state index in [1.165, 1.54) is 48.2 Å². The van der Waals surface area contributed by atoms with E-state index in [-0.39, 0.29) is 0 Å². The van der Waals surface area contributed by atoms with Crippen LogP contribution in [0.5, 0.6) is 0 Å². The molecule has 0 atom stereocenters. The first kappa shape index (κ1) is 17.4. The minimum Gasteiger partial charge on any atom is -0.369 e. The number of rotatable bonds is 5. The van der Waals surface area contributed by atoms with Crippen molar-refractivity contribution in [3.63, 3.8) is 0 Å². The van der Waals surface area contributed by atoms with Crippen LogP contribution in [0.1, 0.15) is 29.7 Å². The molecule has 1 N–H and O–H groups in total. The highest BCUT2D eigenvalue weighted by Crippen LogP contribution is 2.27. The van der Waals surface area contributed by atoms with Crippen LogP contribution in [0.2, 0.25) is 0 Å². The molecule has 2 heterocycles. The number of hydrogen-bond acceptors (Lipinski definition) is 4. The standard InChI is InChI=1S/C21H31N5/c1-17-7-9-18(10-8-17)26-15-13-25(14-16-26)12-11-22-21-19-5-3-4-6-20(19)24(2)23-21/h7-10H,3-6,11-16H2,1-2H3,(H,22,23).